The Labute approximate surface area is 317 Å². The van der Waals surface area contributed by atoms with E-state index in [1.54, 1.807) is 4.90 Å². The summed E-state index contributed by atoms with van der Waals surface area (Å²) >= 11 is 0. The lowest BCUT2D eigenvalue weighted by Crippen LogP contribution is -2.59. The summed E-state index contributed by atoms with van der Waals surface area (Å²) in [5.41, 5.74) is 0.0779. The van der Waals surface area contributed by atoms with E-state index in [1.165, 1.54) is 34.2 Å². The van der Waals surface area contributed by atoms with Crippen LogP contribution >= 0.6 is 0 Å². The number of aldehydes is 2. The Morgan fingerprint density at radius 1 is 0.906 bits per heavy atom. The van der Waals surface area contributed by atoms with Crippen LogP contribution in [-0.4, -0.2) is 113 Å². The molecule has 0 spiro atoms. The van der Waals surface area contributed by atoms with E-state index in [-0.39, 0.29) is 49.1 Å². The van der Waals surface area contributed by atoms with Crippen molar-refractivity contribution in [2.75, 3.05) is 61.0 Å². The molecular formula is C39H69N3O11. The number of alkyl carbamates (subject to hydrolysis) is 1. The van der Waals surface area contributed by atoms with Crippen molar-refractivity contribution in [3.8, 4) is 0 Å². The molecule has 0 heterocycles. The van der Waals surface area contributed by atoms with Crippen LogP contribution in [-0.2, 0) is 43.7 Å². The van der Waals surface area contributed by atoms with E-state index in [2.05, 4.69) is 26.1 Å². The molecule has 4 aliphatic rings. The van der Waals surface area contributed by atoms with E-state index < -0.39 is 6.23 Å². The molecule has 14 nitrogen and oxygen atoms in total. The SMILES string of the molecule is COOCN(CCN(CC=O)[C@@H](CCCCNC(=O)O[C@@H]1CC[C@]2(C)C3C[C@H](O)[C@@]4(C)C(CC[C@@H]4C(C)CCC=O)C3CC[C@@H]2C1)OOC)COOC. The summed E-state index contributed by atoms with van der Waals surface area (Å²) in [5.74, 6) is 3.07. The van der Waals surface area contributed by atoms with Crippen molar-refractivity contribution in [1.29, 1.82) is 0 Å². The minimum atomic E-state index is -0.469. The summed E-state index contributed by atoms with van der Waals surface area (Å²) in [7, 11) is 4.28. The van der Waals surface area contributed by atoms with E-state index in [1.807, 2.05) is 4.90 Å². The highest BCUT2D eigenvalue weighted by Gasteiger charge is 2.63. The first-order chi connectivity index (χ1) is 25.6. The highest BCUT2D eigenvalue weighted by molar-refractivity contribution is 5.67. The van der Waals surface area contributed by atoms with Gasteiger partial charge >= 0.3 is 6.09 Å². The predicted molar refractivity (Wildman–Crippen MR) is 195 cm³/mol. The minimum Gasteiger partial charge on any atom is -0.446 e. The van der Waals surface area contributed by atoms with Crippen molar-refractivity contribution in [2.24, 2.45) is 46.3 Å². The van der Waals surface area contributed by atoms with Crippen LogP contribution in [0.25, 0.3) is 0 Å². The number of nitrogens with one attached hydrogen (secondary N) is 1. The average molecular weight is 756 g/mol. The summed E-state index contributed by atoms with van der Waals surface area (Å²) < 4.78 is 5.99. The summed E-state index contributed by atoms with van der Waals surface area (Å²) in [6.45, 7) is 8.94. The number of rotatable bonds is 24. The maximum Gasteiger partial charge on any atom is 0.407 e. The Hall–Kier alpha value is -1.75. The lowest BCUT2D eigenvalue weighted by molar-refractivity contribution is -0.341. The molecule has 2 N–H and O–H groups in total. The van der Waals surface area contributed by atoms with Gasteiger partial charge in [-0.3, -0.25) is 9.80 Å². The molecule has 0 aromatic carbocycles. The molecule has 0 radical (unpaired) electrons. The zero-order chi connectivity index (χ0) is 38.4. The Morgan fingerprint density at radius 3 is 2.34 bits per heavy atom. The Kier molecular flexibility index (Phi) is 17.9. The number of aliphatic hydroxyl groups excluding tert-OH is 1. The highest BCUT2D eigenvalue weighted by Crippen LogP contribution is 2.68. The van der Waals surface area contributed by atoms with Crippen LogP contribution < -0.4 is 5.32 Å². The standard InChI is InChI=1S/C39H69N3O11/c1-28(10-9-22-43)32-14-15-33-31-13-12-29-24-30(16-17-38(29,2)34(31)25-35(45)39(32,33)3)52-37(46)40-18-8-7-11-36(53-49-6)42(21-23-44)20-19-41(26-50-47-4)27-51-48-5/h22-23,28-36,45H,7-21,24-27H2,1-6H3,(H,40,46)/t28?,29-,30-,31?,32-,33?,34?,35+,36-,38+,39-/m1/s1. The number of carbonyl (C=O) groups is 3. The van der Waals surface area contributed by atoms with Crippen molar-refractivity contribution in [3.05, 3.63) is 0 Å². The maximum absolute atomic E-state index is 12.9. The van der Waals surface area contributed by atoms with Gasteiger partial charge in [0.25, 0.3) is 0 Å². The number of aliphatic hydroxyl groups is 1. The lowest BCUT2D eigenvalue weighted by atomic mass is 9.43. The molecule has 4 unspecified atom stereocenters. The molecule has 4 fully saturated rings. The van der Waals surface area contributed by atoms with Gasteiger partial charge in [-0.1, -0.05) is 20.8 Å². The fourth-order valence-electron chi connectivity index (χ4n) is 11.2. The molecule has 4 aliphatic carbocycles. The van der Waals surface area contributed by atoms with Crippen LogP contribution in [0, 0.1) is 46.3 Å². The molecule has 4 rings (SSSR count). The fourth-order valence-corrected chi connectivity index (χ4v) is 11.2. The molecule has 0 bridgehead atoms. The third-order valence-corrected chi connectivity index (χ3v) is 14.0. The zero-order valence-electron chi connectivity index (χ0n) is 33.2. The van der Waals surface area contributed by atoms with Crippen LogP contribution in [0.2, 0.25) is 0 Å². The molecule has 0 aromatic rings. The van der Waals surface area contributed by atoms with Crippen LogP contribution in [0.3, 0.4) is 0 Å². The van der Waals surface area contributed by atoms with Crippen molar-refractivity contribution in [2.45, 2.75) is 123 Å². The molecule has 14 heteroatoms. The summed E-state index contributed by atoms with van der Waals surface area (Å²) in [6.07, 6.45) is 12.4. The van der Waals surface area contributed by atoms with Gasteiger partial charge < -0.3 is 24.7 Å². The number of carbonyl (C=O) groups excluding carboxylic acids is 3. The van der Waals surface area contributed by atoms with Gasteiger partial charge in [-0.2, -0.15) is 0 Å². The number of nitrogens with zero attached hydrogens (tertiary/aromatic N) is 2. The minimum absolute atomic E-state index is 0.0700. The Balaban J connectivity index is 1.21. The molecule has 11 atom stereocenters. The highest BCUT2D eigenvalue weighted by atomic mass is 17.2. The Morgan fingerprint density at radius 2 is 1.66 bits per heavy atom. The van der Waals surface area contributed by atoms with Gasteiger partial charge in [0.15, 0.2) is 0 Å². The Bertz CT molecular complexity index is 1110. The molecule has 4 saturated carbocycles. The second-order valence-corrected chi connectivity index (χ2v) is 16.5. The van der Waals surface area contributed by atoms with Gasteiger partial charge in [-0.25, -0.2) is 34.1 Å². The van der Waals surface area contributed by atoms with Crippen molar-refractivity contribution in [1.82, 2.24) is 15.1 Å². The van der Waals surface area contributed by atoms with Gasteiger partial charge in [0.1, 0.15) is 38.4 Å². The first-order valence-electron chi connectivity index (χ1n) is 20.0. The van der Waals surface area contributed by atoms with Gasteiger partial charge in [0.2, 0.25) is 0 Å². The second-order valence-electron chi connectivity index (χ2n) is 16.5. The third-order valence-electron chi connectivity index (χ3n) is 14.0. The van der Waals surface area contributed by atoms with Gasteiger partial charge in [0, 0.05) is 26.1 Å². The summed E-state index contributed by atoms with van der Waals surface area (Å²) in [6, 6.07) is 0. The third kappa shape index (κ3) is 11.0. The van der Waals surface area contributed by atoms with Gasteiger partial charge in [0.05, 0.1) is 34.0 Å². The van der Waals surface area contributed by atoms with Crippen molar-refractivity contribution < 1.29 is 53.6 Å². The average Bonchev–Trinajstić information content (AvgIpc) is 3.51. The molecule has 0 aromatic heterocycles. The van der Waals surface area contributed by atoms with Crippen LogP contribution in [0.5, 0.6) is 0 Å². The predicted octanol–water partition coefficient (Wildman–Crippen LogP) is 5.27. The van der Waals surface area contributed by atoms with E-state index in [4.69, 9.17) is 34.1 Å². The first-order valence-corrected chi connectivity index (χ1v) is 20.0. The number of amides is 1. The number of hydrogen-bond acceptors (Lipinski definition) is 13. The number of hydrogen-bond donors (Lipinski definition) is 2. The van der Waals surface area contributed by atoms with Crippen molar-refractivity contribution in [3.63, 3.8) is 0 Å². The fraction of sp³-hybridized carbons (Fsp3) is 0.923. The molecule has 0 saturated heterocycles. The topological polar surface area (TPSA) is 155 Å². The largest absolute Gasteiger partial charge is 0.446 e. The van der Waals surface area contributed by atoms with Crippen molar-refractivity contribution >= 4 is 18.7 Å². The molecular weight excluding hydrogens is 686 g/mol. The second kappa shape index (κ2) is 21.5. The molecule has 306 valence electrons. The zero-order valence-corrected chi connectivity index (χ0v) is 33.2. The molecule has 1 amide bonds. The lowest BCUT2D eigenvalue weighted by Gasteiger charge is -2.62. The number of ether oxygens (including phenoxy) is 1. The summed E-state index contributed by atoms with van der Waals surface area (Å²) in [4.78, 5) is 69.1. The van der Waals surface area contributed by atoms with Gasteiger partial charge in [-0.15, -0.1) is 0 Å². The van der Waals surface area contributed by atoms with E-state index in [0.29, 0.717) is 74.4 Å². The normalized spacial score (nSPS) is 33.5. The van der Waals surface area contributed by atoms with Crippen LogP contribution in [0.1, 0.15) is 104 Å². The molecule has 0 aliphatic heterocycles. The monoisotopic (exact) mass is 755 g/mol. The van der Waals surface area contributed by atoms with E-state index in [9.17, 15) is 19.5 Å². The molecule has 53 heavy (non-hydrogen) atoms. The van der Waals surface area contributed by atoms with Gasteiger partial charge in [-0.05, 0) is 123 Å². The number of fused-ring (bicyclic) bond motifs is 5. The van der Waals surface area contributed by atoms with E-state index in [0.717, 1.165) is 63.9 Å². The van der Waals surface area contributed by atoms with Crippen LogP contribution in [0.4, 0.5) is 4.79 Å². The van der Waals surface area contributed by atoms with E-state index >= 15 is 0 Å². The quantitative estimate of drug-likeness (QED) is 0.0433. The smallest absolute Gasteiger partial charge is 0.407 e. The van der Waals surface area contributed by atoms with Crippen LogP contribution in [0.15, 0.2) is 0 Å². The maximum atomic E-state index is 12.9. The summed E-state index contributed by atoms with van der Waals surface area (Å²) in [5, 5.41) is 14.8. The number of unbranched alkanes of at least 4 members (excludes halogenated alkanes) is 1. The first kappa shape index (κ1) is 44.0.